The van der Waals surface area contributed by atoms with E-state index in [9.17, 15) is 5.11 Å². The molecule has 3 heteroatoms. The molecule has 14 heavy (non-hydrogen) atoms. The van der Waals surface area contributed by atoms with Crippen LogP contribution < -0.4 is 4.74 Å². The summed E-state index contributed by atoms with van der Waals surface area (Å²) in [7, 11) is 3.81. The van der Waals surface area contributed by atoms with E-state index in [1.54, 1.807) is 0 Å². The van der Waals surface area contributed by atoms with Crippen LogP contribution in [0.1, 0.15) is 5.56 Å². The molecule has 1 aromatic carbocycles. The lowest BCUT2D eigenvalue weighted by atomic mass is 10.0. The van der Waals surface area contributed by atoms with Gasteiger partial charge in [0, 0.05) is 6.42 Å². The number of aliphatic hydroxyl groups is 1. The predicted molar refractivity (Wildman–Crippen MR) is 54.3 cm³/mol. The minimum absolute atomic E-state index is 0.232. The van der Waals surface area contributed by atoms with Gasteiger partial charge >= 0.3 is 0 Å². The van der Waals surface area contributed by atoms with Gasteiger partial charge in [-0.2, -0.15) is 0 Å². The molecule has 0 saturated carbocycles. The van der Waals surface area contributed by atoms with E-state index in [-0.39, 0.29) is 6.23 Å². The second-order valence-corrected chi connectivity index (χ2v) is 3.85. The van der Waals surface area contributed by atoms with Gasteiger partial charge in [-0.3, -0.25) is 4.90 Å². The van der Waals surface area contributed by atoms with Gasteiger partial charge < -0.3 is 9.84 Å². The summed E-state index contributed by atoms with van der Waals surface area (Å²) in [5, 5.41) is 9.82. The van der Waals surface area contributed by atoms with Gasteiger partial charge in [0.25, 0.3) is 0 Å². The third kappa shape index (κ3) is 1.61. The molecule has 1 heterocycles. The maximum Gasteiger partial charge on any atom is 0.178 e. The first kappa shape index (κ1) is 9.49. The Labute approximate surface area is 83.9 Å². The highest BCUT2D eigenvalue weighted by Gasteiger charge is 2.29. The van der Waals surface area contributed by atoms with Crippen molar-refractivity contribution in [1.29, 1.82) is 0 Å². The molecule has 0 amide bonds. The van der Waals surface area contributed by atoms with Gasteiger partial charge in [-0.1, -0.05) is 18.2 Å². The maximum absolute atomic E-state index is 9.82. The zero-order chi connectivity index (χ0) is 10.1. The molecule has 2 rings (SSSR count). The first-order valence-electron chi connectivity index (χ1n) is 4.77. The van der Waals surface area contributed by atoms with Gasteiger partial charge in [-0.05, 0) is 25.7 Å². The van der Waals surface area contributed by atoms with Crippen molar-refractivity contribution in [3.8, 4) is 5.75 Å². The van der Waals surface area contributed by atoms with Crippen LogP contribution in [0.15, 0.2) is 24.3 Å². The molecule has 0 saturated heterocycles. The first-order chi connectivity index (χ1) is 6.68. The van der Waals surface area contributed by atoms with Crippen molar-refractivity contribution in [1.82, 2.24) is 4.90 Å². The van der Waals surface area contributed by atoms with Crippen molar-refractivity contribution in [3.05, 3.63) is 29.8 Å². The molecule has 1 aliphatic rings. The quantitative estimate of drug-likeness (QED) is 0.718. The monoisotopic (exact) mass is 193 g/mol. The van der Waals surface area contributed by atoms with E-state index >= 15 is 0 Å². The fourth-order valence-electron chi connectivity index (χ4n) is 1.77. The van der Waals surface area contributed by atoms with Crippen molar-refractivity contribution < 1.29 is 9.84 Å². The highest BCUT2D eigenvalue weighted by Crippen LogP contribution is 2.27. The molecular weight excluding hydrogens is 178 g/mol. The third-order valence-corrected chi connectivity index (χ3v) is 2.49. The van der Waals surface area contributed by atoms with Crippen molar-refractivity contribution in [2.45, 2.75) is 18.8 Å². The van der Waals surface area contributed by atoms with E-state index < -0.39 is 6.10 Å². The molecule has 0 bridgehead atoms. The lowest BCUT2D eigenvalue weighted by molar-refractivity contribution is -0.0549. The molecule has 1 aliphatic heterocycles. The number of likely N-dealkylation sites (N-methyl/N-ethyl adjacent to an activating group) is 1. The molecule has 0 fully saturated rings. The Kier molecular flexibility index (Phi) is 2.44. The fraction of sp³-hybridized carbons (Fsp3) is 0.455. The molecule has 3 nitrogen and oxygen atoms in total. The number of aliphatic hydroxyl groups excluding tert-OH is 1. The summed E-state index contributed by atoms with van der Waals surface area (Å²) in [6, 6.07) is 7.84. The summed E-state index contributed by atoms with van der Waals surface area (Å²) < 4.78 is 5.68. The van der Waals surface area contributed by atoms with Gasteiger partial charge in [-0.15, -0.1) is 0 Å². The summed E-state index contributed by atoms with van der Waals surface area (Å²) in [5.74, 6) is 0.886. The predicted octanol–water partition coefficient (Wildman–Crippen LogP) is 0.870. The summed E-state index contributed by atoms with van der Waals surface area (Å²) in [4.78, 5) is 1.89. The lowest BCUT2D eigenvalue weighted by Gasteiger charge is -2.34. The SMILES string of the molecule is CN(C)C1Oc2ccccc2CC1O. The average molecular weight is 193 g/mol. The minimum atomic E-state index is -0.445. The number of hydrogen-bond donors (Lipinski definition) is 1. The van der Waals surface area contributed by atoms with Crippen molar-refractivity contribution in [2.75, 3.05) is 14.1 Å². The molecule has 76 valence electrons. The van der Waals surface area contributed by atoms with Crippen LogP contribution in [0.4, 0.5) is 0 Å². The van der Waals surface area contributed by atoms with Crippen LogP contribution in [-0.4, -0.2) is 36.4 Å². The van der Waals surface area contributed by atoms with Crippen LogP contribution in [0, 0.1) is 0 Å². The molecule has 1 aromatic rings. The van der Waals surface area contributed by atoms with Crippen molar-refractivity contribution in [2.24, 2.45) is 0 Å². The topological polar surface area (TPSA) is 32.7 Å². The third-order valence-electron chi connectivity index (χ3n) is 2.49. The summed E-state index contributed by atoms with van der Waals surface area (Å²) >= 11 is 0. The number of hydrogen-bond acceptors (Lipinski definition) is 3. The molecule has 0 aromatic heterocycles. The molecule has 1 N–H and O–H groups in total. The Bertz CT molecular complexity index is 325. The standard InChI is InChI=1S/C11H15NO2/c1-12(2)11-9(13)7-8-5-3-4-6-10(8)14-11/h3-6,9,11,13H,7H2,1-2H3. The Morgan fingerprint density at radius 3 is 2.79 bits per heavy atom. The lowest BCUT2D eigenvalue weighted by Crippen LogP contribution is -2.47. The maximum atomic E-state index is 9.82. The highest BCUT2D eigenvalue weighted by atomic mass is 16.5. The average Bonchev–Trinajstić information content (AvgIpc) is 2.16. The molecule has 0 aliphatic carbocycles. The van der Waals surface area contributed by atoms with Gasteiger partial charge in [0.2, 0.25) is 0 Å². The molecule has 2 atom stereocenters. The van der Waals surface area contributed by atoms with E-state index in [2.05, 4.69) is 0 Å². The van der Waals surface area contributed by atoms with Crippen LogP contribution in [0.2, 0.25) is 0 Å². The number of fused-ring (bicyclic) bond motifs is 1. The second-order valence-electron chi connectivity index (χ2n) is 3.85. The summed E-state index contributed by atoms with van der Waals surface area (Å²) in [6.07, 6.45) is -0.0104. The zero-order valence-corrected chi connectivity index (χ0v) is 8.47. The van der Waals surface area contributed by atoms with Gasteiger partial charge in [0.1, 0.15) is 11.9 Å². The van der Waals surface area contributed by atoms with E-state index in [0.717, 1.165) is 11.3 Å². The Hall–Kier alpha value is -1.06. The van der Waals surface area contributed by atoms with Crippen LogP contribution in [0.5, 0.6) is 5.75 Å². The van der Waals surface area contributed by atoms with Crippen LogP contribution in [0.3, 0.4) is 0 Å². The summed E-state index contributed by atoms with van der Waals surface area (Å²) in [6.45, 7) is 0. The fourth-order valence-corrected chi connectivity index (χ4v) is 1.77. The number of ether oxygens (including phenoxy) is 1. The van der Waals surface area contributed by atoms with Crippen molar-refractivity contribution >= 4 is 0 Å². The van der Waals surface area contributed by atoms with Crippen LogP contribution in [-0.2, 0) is 6.42 Å². The number of para-hydroxylation sites is 1. The van der Waals surface area contributed by atoms with E-state index in [1.807, 2.05) is 43.3 Å². The van der Waals surface area contributed by atoms with Crippen LogP contribution in [0.25, 0.3) is 0 Å². The number of benzene rings is 1. The number of rotatable bonds is 1. The minimum Gasteiger partial charge on any atom is -0.472 e. The zero-order valence-electron chi connectivity index (χ0n) is 8.47. The van der Waals surface area contributed by atoms with E-state index in [4.69, 9.17) is 4.74 Å². The Morgan fingerprint density at radius 1 is 1.36 bits per heavy atom. The smallest absolute Gasteiger partial charge is 0.178 e. The number of nitrogens with zero attached hydrogens (tertiary/aromatic N) is 1. The van der Waals surface area contributed by atoms with E-state index in [1.165, 1.54) is 0 Å². The van der Waals surface area contributed by atoms with Gasteiger partial charge in [-0.25, -0.2) is 0 Å². The Balaban J connectivity index is 2.27. The molecule has 0 radical (unpaired) electrons. The Morgan fingerprint density at radius 2 is 2.07 bits per heavy atom. The normalized spacial score (nSPS) is 25.7. The van der Waals surface area contributed by atoms with E-state index in [0.29, 0.717) is 6.42 Å². The molecule has 2 unspecified atom stereocenters. The molecule has 0 spiro atoms. The highest BCUT2D eigenvalue weighted by molar-refractivity contribution is 5.35. The van der Waals surface area contributed by atoms with Gasteiger partial charge in [0.05, 0.1) is 0 Å². The second kappa shape index (κ2) is 3.59. The largest absolute Gasteiger partial charge is 0.472 e. The summed E-state index contributed by atoms with van der Waals surface area (Å²) in [5.41, 5.74) is 1.08. The van der Waals surface area contributed by atoms with Crippen LogP contribution >= 0.6 is 0 Å². The van der Waals surface area contributed by atoms with Crippen molar-refractivity contribution in [3.63, 3.8) is 0 Å². The first-order valence-corrected chi connectivity index (χ1v) is 4.77. The van der Waals surface area contributed by atoms with Gasteiger partial charge in [0.15, 0.2) is 6.23 Å². The molecular formula is C11H15NO2.